The average Bonchev–Trinajstić information content (AvgIpc) is 2.38. The largest absolute Gasteiger partial charge is 0.330 e. The van der Waals surface area contributed by atoms with E-state index in [4.69, 9.17) is 5.73 Å². The Morgan fingerprint density at radius 2 is 1.88 bits per heavy atom. The number of rotatable bonds is 4. The number of benzene rings is 2. The first-order chi connectivity index (χ1) is 8.20. The van der Waals surface area contributed by atoms with Gasteiger partial charge in [0.25, 0.3) is 0 Å². The average molecular weight is 247 g/mol. The van der Waals surface area contributed by atoms with Crippen molar-refractivity contribution in [1.29, 1.82) is 0 Å². The summed E-state index contributed by atoms with van der Waals surface area (Å²) in [5.41, 5.74) is 5.55. The zero-order valence-electron chi connectivity index (χ0n) is 9.93. The molecule has 2 aromatic carbocycles. The van der Waals surface area contributed by atoms with E-state index in [0.29, 0.717) is 18.2 Å². The summed E-state index contributed by atoms with van der Waals surface area (Å²) in [7, 11) is -0.949. The number of hydrogen-bond acceptors (Lipinski definition) is 2. The van der Waals surface area contributed by atoms with E-state index in [9.17, 15) is 4.21 Å². The van der Waals surface area contributed by atoms with Crippen LogP contribution in [0.3, 0.4) is 0 Å². The lowest BCUT2D eigenvalue weighted by Crippen LogP contribution is -2.17. The monoisotopic (exact) mass is 247 g/mol. The molecule has 2 nitrogen and oxygen atoms in total. The molecule has 2 rings (SSSR count). The van der Waals surface area contributed by atoms with Crippen molar-refractivity contribution in [2.24, 2.45) is 11.7 Å². The van der Waals surface area contributed by atoms with Gasteiger partial charge in [-0.25, -0.2) is 0 Å². The lowest BCUT2D eigenvalue weighted by Gasteiger charge is -2.08. The van der Waals surface area contributed by atoms with Crippen LogP contribution >= 0.6 is 0 Å². The van der Waals surface area contributed by atoms with Crippen LogP contribution in [-0.4, -0.2) is 16.5 Å². The fourth-order valence-corrected chi connectivity index (χ4v) is 3.06. The molecule has 0 spiro atoms. The van der Waals surface area contributed by atoms with Crippen molar-refractivity contribution in [2.75, 3.05) is 12.3 Å². The highest BCUT2D eigenvalue weighted by atomic mass is 32.2. The Morgan fingerprint density at radius 3 is 2.59 bits per heavy atom. The fraction of sp³-hybridized carbons (Fsp3) is 0.286. The first-order valence-electron chi connectivity index (χ1n) is 5.78. The van der Waals surface area contributed by atoms with Crippen LogP contribution in [0.25, 0.3) is 10.8 Å². The van der Waals surface area contributed by atoms with Crippen molar-refractivity contribution >= 4 is 21.6 Å². The van der Waals surface area contributed by atoms with Crippen molar-refractivity contribution in [1.82, 2.24) is 0 Å². The molecule has 2 N–H and O–H groups in total. The highest BCUT2D eigenvalue weighted by Crippen LogP contribution is 2.18. The van der Waals surface area contributed by atoms with E-state index in [1.165, 1.54) is 5.39 Å². The molecule has 2 unspecified atom stereocenters. The van der Waals surface area contributed by atoms with Gasteiger partial charge >= 0.3 is 0 Å². The van der Waals surface area contributed by atoms with E-state index in [-0.39, 0.29) is 0 Å². The minimum Gasteiger partial charge on any atom is -0.330 e. The van der Waals surface area contributed by atoms with Crippen LogP contribution in [0.15, 0.2) is 47.4 Å². The zero-order chi connectivity index (χ0) is 12.3. The van der Waals surface area contributed by atoms with Gasteiger partial charge in [0.15, 0.2) is 0 Å². The van der Waals surface area contributed by atoms with Gasteiger partial charge in [0.05, 0.1) is 10.8 Å². The lowest BCUT2D eigenvalue weighted by atomic mass is 10.1. The van der Waals surface area contributed by atoms with Crippen molar-refractivity contribution in [3.05, 3.63) is 42.5 Å². The molecule has 0 amide bonds. The van der Waals surface area contributed by atoms with Gasteiger partial charge in [-0.3, -0.25) is 4.21 Å². The van der Waals surface area contributed by atoms with Crippen molar-refractivity contribution in [3.63, 3.8) is 0 Å². The van der Waals surface area contributed by atoms with Crippen molar-refractivity contribution in [2.45, 2.75) is 11.8 Å². The summed E-state index contributed by atoms with van der Waals surface area (Å²) < 4.78 is 12.1. The second-order valence-corrected chi connectivity index (χ2v) is 5.86. The van der Waals surface area contributed by atoms with E-state index in [1.807, 2.05) is 43.3 Å². The van der Waals surface area contributed by atoms with E-state index in [2.05, 4.69) is 6.07 Å². The van der Waals surface area contributed by atoms with Crippen LogP contribution in [-0.2, 0) is 10.8 Å². The Kier molecular flexibility index (Phi) is 3.92. The Bertz CT molecular complexity index is 538. The third kappa shape index (κ3) is 2.93. The molecule has 90 valence electrons. The molecule has 0 aromatic heterocycles. The first kappa shape index (κ1) is 12.3. The molecule has 2 aromatic rings. The third-order valence-corrected chi connectivity index (χ3v) is 4.47. The first-order valence-corrected chi connectivity index (χ1v) is 7.10. The van der Waals surface area contributed by atoms with Gasteiger partial charge in [0.1, 0.15) is 0 Å². The standard InChI is InChI=1S/C14H17NOS/c1-11(9-15)10-17(16)14-7-6-12-4-2-3-5-13(12)8-14/h2-8,11H,9-10,15H2,1H3. The normalized spacial score (nSPS) is 14.7. The number of fused-ring (bicyclic) bond motifs is 1. The Labute approximate surface area is 104 Å². The SMILES string of the molecule is CC(CN)CS(=O)c1ccc2ccccc2c1. The van der Waals surface area contributed by atoms with Crippen LogP contribution in [0.5, 0.6) is 0 Å². The van der Waals surface area contributed by atoms with Gasteiger partial charge in [-0.15, -0.1) is 0 Å². The Morgan fingerprint density at radius 1 is 1.18 bits per heavy atom. The molecule has 0 aliphatic heterocycles. The van der Waals surface area contributed by atoms with Crippen LogP contribution in [0.1, 0.15) is 6.92 Å². The molecule has 17 heavy (non-hydrogen) atoms. The third-order valence-electron chi connectivity index (χ3n) is 2.82. The summed E-state index contributed by atoms with van der Waals surface area (Å²) in [6, 6.07) is 14.1. The van der Waals surface area contributed by atoms with Gasteiger partial charge in [0.2, 0.25) is 0 Å². The second kappa shape index (κ2) is 5.43. The highest BCUT2D eigenvalue weighted by Gasteiger charge is 2.08. The van der Waals surface area contributed by atoms with Crippen LogP contribution in [0, 0.1) is 5.92 Å². The van der Waals surface area contributed by atoms with Gasteiger partial charge in [-0.2, -0.15) is 0 Å². The molecular formula is C14H17NOS. The Hall–Kier alpha value is -1.19. The topological polar surface area (TPSA) is 43.1 Å². The highest BCUT2D eigenvalue weighted by molar-refractivity contribution is 7.85. The van der Waals surface area contributed by atoms with Gasteiger partial charge in [0, 0.05) is 10.6 Å². The minimum absolute atomic E-state index is 0.294. The maximum atomic E-state index is 12.1. The van der Waals surface area contributed by atoms with Crippen LogP contribution in [0.2, 0.25) is 0 Å². The van der Waals surface area contributed by atoms with Crippen LogP contribution < -0.4 is 5.73 Å². The van der Waals surface area contributed by atoms with E-state index in [0.717, 1.165) is 10.3 Å². The summed E-state index contributed by atoms with van der Waals surface area (Å²) >= 11 is 0. The molecule has 0 fully saturated rings. The zero-order valence-corrected chi connectivity index (χ0v) is 10.7. The molecule has 3 heteroatoms. The molecule has 0 saturated carbocycles. The number of hydrogen-bond donors (Lipinski definition) is 1. The lowest BCUT2D eigenvalue weighted by molar-refractivity contribution is 0.641. The molecule has 0 bridgehead atoms. The Balaban J connectivity index is 2.27. The van der Waals surface area contributed by atoms with Crippen molar-refractivity contribution < 1.29 is 4.21 Å². The minimum atomic E-state index is -0.949. The smallest absolute Gasteiger partial charge is 0.0532 e. The van der Waals surface area contributed by atoms with E-state index in [1.54, 1.807) is 0 Å². The molecule has 0 saturated heterocycles. The summed E-state index contributed by atoms with van der Waals surface area (Å²) in [6.07, 6.45) is 0. The molecular weight excluding hydrogens is 230 g/mol. The molecule has 0 radical (unpaired) electrons. The van der Waals surface area contributed by atoms with Crippen molar-refractivity contribution in [3.8, 4) is 0 Å². The quantitative estimate of drug-likeness (QED) is 0.902. The van der Waals surface area contributed by atoms with E-state index < -0.39 is 10.8 Å². The predicted molar refractivity (Wildman–Crippen MR) is 73.4 cm³/mol. The van der Waals surface area contributed by atoms with Gasteiger partial charge in [-0.1, -0.05) is 37.3 Å². The summed E-state index contributed by atoms with van der Waals surface area (Å²) in [5, 5.41) is 2.32. The summed E-state index contributed by atoms with van der Waals surface area (Å²) in [4.78, 5) is 0.893. The maximum absolute atomic E-state index is 12.1. The predicted octanol–water partition coefficient (Wildman–Crippen LogP) is 2.54. The van der Waals surface area contributed by atoms with E-state index >= 15 is 0 Å². The molecule has 0 aliphatic carbocycles. The fourth-order valence-electron chi connectivity index (χ4n) is 1.73. The maximum Gasteiger partial charge on any atom is 0.0532 e. The molecule has 0 heterocycles. The number of nitrogens with two attached hydrogens (primary N) is 1. The summed E-state index contributed by atoms with van der Waals surface area (Å²) in [5.74, 6) is 0.928. The van der Waals surface area contributed by atoms with Gasteiger partial charge < -0.3 is 5.73 Å². The molecule has 0 aliphatic rings. The second-order valence-electron chi connectivity index (χ2n) is 4.36. The van der Waals surface area contributed by atoms with Crippen LogP contribution in [0.4, 0.5) is 0 Å². The molecule has 2 atom stereocenters. The summed E-state index contributed by atoms with van der Waals surface area (Å²) in [6.45, 7) is 2.61. The van der Waals surface area contributed by atoms with Gasteiger partial charge in [-0.05, 0) is 35.4 Å².